The summed E-state index contributed by atoms with van der Waals surface area (Å²) in [7, 11) is -0.833. The Balaban J connectivity index is 0.000000251. The SMILES string of the molecule is O=PO.c1ccc2ccccc2c1. The summed E-state index contributed by atoms with van der Waals surface area (Å²) in [4.78, 5) is 6.99. The molecule has 0 spiro atoms. The van der Waals surface area contributed by atoms with E-state index in [1.54, 1.807) is 0 Å². The van der Waals surface area contributed by atoms with Crippen molar-refractivity contribution in [3.63, 3.8) is 0 Å². The molecule has 0 fully saturated rings. The first kappa shape index (κ1) is 9.85. The minimum absolute atomic E-state index is 0.833. The molecule has 0 atom stereocenters. The van der Waals surface area contributed by atoms with Crippen LogP contribution in [0.1, 0.15) is 0 Å². The molecule has 0 aliphatic heterocycles. The summed E-state index contributed by atoms with van der Waals surface area (Å²) in [6, 6.07) is 16.7. The highest BCUT2D eigenvalue weighted by Gasteiger charge is 1.85. The molecule has 2 aromatic rings. The van der Waals surface area contributed by atoms with E-state index in [4.69, 9.17) is 9.46 Å². The Morgan fingerprint density at radius 2 is 1.08 bits per heavy atom. The van der Waals surface area contributed by atoms with E-state index in [2.05, 4.69) is 48.5 Å². The van der Waals surface area contributed by atoms with Gasteiger partial charge >= 0.3 is 8.69 Å². The van der Waals surface area contributed by atoms with Crippen molar-refractivity contribution in [1.29, 1.82) is 0 Å². The molecule has 3 heteroatoms. The van der Waals surface area contributed by atoms with E-state index >= 15 is 0 Å². The fourth-order valence-electron chi connectivity index (χ4n) is 1.13. The lowest BCUT2D eigenvalue weighted by Gasteiger charge is -1.92. The number of rotatable bonds is 0. The summed E-state index contributed by atoms with van der Waals surface area (Å²) >= 11 is 0. The highest BCUT2D eigenvalue weighted by molar-refractivity contribution is 7.16. The molecule has 2 aromatic carbocycles. The summed E-state index contributed by atoms with van der Waals surface area (Å²) in [5.41, 5.74) is 0. The Bertz CT molecular complexity index is 322. The van der Waals surface area contributed by atoms with Gasteiger partial charge in [0, 0.05) is 0 Å². The van der Waals surface area contributed by atoms with Crippen LogP contribution in [0.3, 0.4) is 0 Å². The molecule has 0 radical (unpaired) electrons. The average Bonchev–Trinajstić information content (AvgIpc) is 2.19. The second-order valence-electron chi connectivity index (χ2n) is 2.43. The maximum atomic E-state index is 8.46. The van der Waals surface area contributed by atoms with E-state index in [1.165, 1.54) is 10.8 Å². The molecule has 0 saturated carbocycles. The molecule has 0 aliphatic carbocycles. The van der Waals surface area contributed by atoms with Gasteiger partial charge in [0.1, 0.15) is 0 Å². The Labute approximate surface area is 78.1 Å². The normalized spacial score (nSPS) is 9.31. The molecule has 0 aromatic heterocycles. The van der Waals surface area contributed by atoms with Gasteiger partial charge in [0.2, 0.25) is 0 Å². The van der Waals surface area contributed by atoms with E-state index in [1.807, 2.05) is 0 Å². The fraction of sp³-hybridized carbons (Fsp3) is 0. The lowest BCUT2D eigenvalue weighted by molar-refractivity contribution is 0.524. The molecule has 0 unspecified atom stereocenters. The smallest absolute Gasteiger partial charge is 0.310 e. The van der Waals surface area contributed by atoms with Crippen LogP contribution in [0, 0.1) is 0 Å². The predicted octanol–water partition coefficient (Wildman–Crippen LogP) is 3.03. The third-order valence-electron chi connectivity index (χ3n) is 1.66. The first-order chi connectivity index (χ1) is 6.38. The topological polar surface area (TPSA) is 37.3 Å². The Morgan fingerprint density at radius 3 is 1.31 bits per heavy atom. The summed E-state index contributed by atoms with van der Waals surface area (Å²) in [5.74, 6) is 0. The molecule has 0 aliphatic rings. The van der Waals surface area contributed by atoms with Crippen LogP contribution in [0.4, 0.5) is 0 Å². The Hall–Kier alpha value is -1.24. The predicted molar refractivity (Wildman–Crippen MR) is 53.8 cm³/mol. The molecular weight excluding hydrogens is 183 g/mol. The lowest BCUT2D eigenvalue weighted by atomic mass is 10.1. The van der Waals surface area contributed by atoms with Crippen molar-refractivity contribution < 1.29 is 9.46 Å². The van der Waals surface area contributed by atoms with Crippen LogP contribution in [0.25, 0.3) is 10.8 Å². The molecule has 66 valence electrons. The van der Waals surface area contributed by atoms with Gasteiger partial charge in [0.15, 0.2) is 0 Å². The summed E-state index contributed by atoms with van der Waals surface area (Å²) in [6.07, 6.45) is 0. The van der Waals surface area contributed by atoms with Crippen LogP contribution < -0.4 is 0 Å². The largest absolute Gasteiger partial charge is 0.324 e. The highest BCUT2D eigenvalue weighted by Crippen LogP contribution is 2.11. The standard InChI is InChI=1S/C10H8.HO2P/c1-2-6-10-8-4-3-7-9(10)5-1;1-3-2/h1-8H;(H,1,2). The Morgan fingerprint density at radius 1 is 0.846 bits per heavy atom. The van der Waals surface area contributed by atoms with Crippen LogP contribution in [0.5, 0.6) is 0 Å². The zero-order valence-corrected chi connectivity index (χ0v) is 7.82. The van der Waals surface area contributed by atoms with Gasteiger partial charge in [-0.05, 0) is 10.8 Å². The monoisotopic (exact) mass is 192 g/mol. The van der Waals surface area contributed by atoms with Crippen LogP contribution >= 0.6 is 8.69 Å². The molecule has 0 saturated heterocycles. The molecule has 2 rings (SSSR count). The quantitative estimate of drug-likeness (QED) is 0.651. The van der Waals surface area contributed by atoms with Gasteiger partial charge in [-0.2, -0.15) is 0 Å². The van der Waals surface area contributed by atoms with Crippen molar-refractivity contribution in [1.82, 2.24) is 0 Å². The van der Waals surface area contributed by atoms with E-state index in [-0.39, 0.29) is 0 Å². The summed E-state index contributed by atoms with van der Waals surface area (Å²) in [6.45, 7) is 0. The summed E-state index contributed by atoms with van der Waals surface area (Å²) in [5, 5.41) is 2.62. The van der Waals surface area contributed by atoms with Gasteiger partial charge in [0.05, 0.1) is 0 Å². The highest BCUT2D eigenvalue weighted by atomic mass is 31.1. The van der Waals surface area contributed by atoms with Gasteiger partial charge in [-0.3, -0.25) is 0 Å². The number of benzene rings is 2. The maximum Gasteiger partial charge on any atom is 0.324 e. The van der Waals surface area contributed by atoms with Crippen LogP contribution in [0.15, 0.2) is 48.5 Å². The van der Waals surface area contributed by atoms with Crippen molar-refractivity contribution in [2.24, 2.45) is 0 Å². The van der Waals surface area contributed by atoms with Crippen molar-refractivity contribution >= 4 is 19.5 Å². The first-order valence-electron chi connectivity index (χ1n) is 3.79. The third-order valence-corrected chi connectivity index (χ3v) is 1.66. The van der Waals surface area contributed by atoms with Gasteiger partial charge in [-0.15, -0.1) is 0 Å². The zero-order valence-electron chi connectivity index (χ0n) is 6.92. The maximum absolute atomic E-state index is 8.46. The molecule has 0 heterocycles. The minimum atomic E-state index is -0.833. The van der Waals surface area contributed by atoms with Crippen molar-refractivity contribution in [2.45, 2.75) is 0 Å². The lowest BCUT2D eigenvalue weighted by Crippen LogP contribution is -1.67. The second kappa shape index (κ2) is 5.41. The number of hydrogen-bond donors (Lipinski definition) is 1. The van der Waals surface area contributed by atoms with Crippen molar-refractivity contribution in [2.75, 3.05) is 0 Å². The van der Waals surface area contributed by atoms with Gasteiger partial charge in [-0.25, -0.2) is 4.57 Å². The Kier molecular flexibility index (Phi) is 4.10. The van der Waals surface area contributed by atoms with Crippen LogP contribution in [-0.2, 0) is 4.57 Å². The average molecular weight is 192 g/mol. The molecule has 0 amide bonds. The molecule has 0 bridgehead atoms. The van der Waals surface area contributed by atoms with Gasteiger partial charge in [0.25, 0.3) is 0 Å². The third kappa shape index (κ3) is 2.94. The molecule has 2 nitrogen and oxygen atoms in total. The van der Waals surface area contributed by atoms with E-state index in [0.717, 1.165) is 0 Å². The molecule has 13 heavy (non-hydrogen) atoms. The molecule has 1 N–H and O–H groups in total. The van der Waals surface area contributed by atoms with Crippen LogP contribution in [0.2, 0.25) is 0 Å². The fourth-order valence-corrected chi connectivity index (χ4v) is 1.13. The molecular formula is C10H9O2P. The number of hydrogen-bond acceptors (Lipinski definition) is 1. The first-order valence-corrected chi connectivity index (χ1v) is 4.55. The minimum Gasteiger partial charge on any atom is -0.310 e. The summed E-state index contributed by atoms with van der Waals surface area (Å²) < 4.78 is 8.46. The van der Waals surface area contributed by atoms with Crippen LogP contribution in [-0.4, -0.2) is 4.89 Å². The van der Waals surface area contributed by atoms with Gasteiger partial charge < -0.3 is 4.89 Å². The van der Waals surface area contributed by atoms with E-state index in [9.17, 15) is 0 Å². The van der Waals surface area contributed by atoms with Crippen molar-refractivity contribution in [3.05, 3.63) is 48.5 Å². The van der Waals surface area contributed by atoms with Gasteiger partial charge in [-0.1, -0.05) is 48.5 Å². The van der Waals surface area contributed by atoms with Crippen molar-refractivity contribution in [3.8, 4) is 0 Å². The second-order valence-corrected chi connectivity index (χ2v) is 2.59. The zero-order chi connectivity index (χ0) is 9.52. The van der Waals surface area contributed by atoms with E-state index in [0.29, 0.717) is 0 Å². The number of fused-ring (bicyclic) bond motifs is 1. The van der Waals surface area contributed by atoms with E-state index < -0.39 is 8.69 Å².